The molecule has 6 heteroatoms. The third-order valence-corrected chi connectivity index (χ3v) is 3.70. The van der Waals surface area contributed by atoms with Gasteiger partial charge in [0.1, 0.15) is 17.4 Å². The molecule has 0 aliphatic heterocycles. The molecule has 0 unspecified atom stereocenters. The molecule has 1 amide bonds. The van der Waals surface area contributed by atoms with Gasteiger partial charge in [0.25, 0.3) is 0 Å². The number of carbonyl (C=O) groups is 3. The van der Waals surface area contributed by atoms with Gasteiger partial charge in [-0.25, -0.2) is 0 Å². The van der Waals surface area contributed by atoms with Crippen molar-refractivity contribution < 1.29 is 18.8 Å². The number of amides is 1. The van der Waals surface area contributed by atoms with Crippen LogP contribution in [0.1, 0.15) is 58.2 Å². The third kappa shape index (κ3) is 4.42. The molecule has 1 aromatic heterocycles. The minimum atomic E-state index is -0.374. The third-order valence-electron chi connectivity index (χ3n) is 3.70. The van der Waals surface area contributed by atoms with E-state index in [2.05, 4.69) is 5.32 Å². The van der Waals surface area contributed by atoms with Crippen LogP contribution in [0.25, 0.3) is 0 Å². The molecular weight excluding hydrogens is 320 g/mol. The van der Waals surface area contributed by atoms with Crippen LogP contribution in [-0.2, 0) is 4.79 Å². The van der Waals surface area contributed by atoms with Crippen molar-refractivity contribution in [1.82, 2.24) is 0 Å². The van der Waals surface area contributed by atoms with Crippen LogP contribution in [-0.4, -0.2) is 17.5 Å². The minimum Gasteiger partial charge on any atom is -0.443 e. The van der Waals surface area contributed by atoms with Crippen LogP contribution in [0.3, 0.4) is 0 Å². The van der Waals surface area contributed by atoms with Gasteiger partial charge in [0.05, 0.1) is 5.56 Å². The van der Waals surface area contributed by atoms with Crippen LogP contribution in [0.4, 0.5) is 5.88 Å². The van der Waals surface area contributed by atoms with Crippen LogP contribution in [0, 0.1) is 18.3 Å². The molecule has 128 valence electrons. The number of nitrogens with one attached hydrogen (secondary N) is 1. The highest BCUT2D eigenvalue weighted by atomic mass is 16.4. The number of hydrogen-bond acceptors (Lipinski definition) is 5. The number of anilines is 1. The quantitative estimate of drug-likeness (QED) is 0.777. The maximum absolute atomic E-state index is 12.0. The average Bonchev–Trinajstić information content (AvgIpc) is 2.90. The number of rotatable bonds is 7. The molecule has 0 radical (unpaired) electrons. The monoisotopic (exact) mass is 338 g/mol. The number of nitriles is 1. The summed E-state index contributed by atoms with van der Waals surface area (Å²) in [6.07, 6.45) is 0.734. The highest BCUT2D eigenvalue weighted by molar-refractivity contribution is 6.01. The molecule has 1 heterocycles. The van der Waals surface area contributed by atoms with Gasteiger partial charge in [-0.2, -0.15) is 5.26 Å². The molecule has 0 spiro atoms. The Morgan fingerprint density at radius 1 is 1.16 bits per heavy atom. The standard InChI is InChI=1S/C19H18N2O4/c1-12(22)18-13(2)25-19(15(18)11-20)21-17(24)10-6-9-16(23)14-7-4-3-5-8-14/h3-5,7-8H,6,9-10H2,1-2H3,(H,21,24). The maximum atomic E-state index is 12.0. The van der Waals surface area contributed by atoms with E-state index < -0.39 is 0 Å². The topological polar surface area (TPSA) is 100 Å². The van der Waals surface area contributed by atoms with Crippen molar-refractivity contribution in [3.8, 4) is 6.07 Å². The summed E-state index contributed by atoms with van der Waals surface area (Å²) in [4.78, 5) is 35.6. The molecule has 0 fully saturated rings. The number of aryl methyl sites for hydroxylation is 1. The maximum Gasteiger partial charge on any atom is 0.226 e. The molecule has 0 atom stereocenters. The van der Waals surface area contributed by atoms with Gasteiger partial charge in [0, 0.05) is 18.4 Å². The highest BCUT2D eigenvalue weighted by Crippen LogP contribution is 2.27. The number of ketones is 2. The van der Waals surface area contributed by atoms with Gasteiger partial charge in [0.2, 0.25) is 11.8 Å². The zero-order valence-corrected chi connectivity index (χ0v) is 14.1. The van der Waals surface area contributed by atoms with Crippen molar-refractivity contribution in [2.24, 2.45) is 0 Å². The van der Waals surface area contributed by atoms with Crippen molar-refractivity contribution in [1.29, 1.82) is 5.26 Å². The summed E-state index contributed by atoms with van der Waals surface area (Å²) in [5.74, 6) is -0.435. The lowest BCUT2D eigenvalue weighted by Crippen LogP contribution is -2.12. The summed E-state index contributed by atoms with van der Waals surface area (Å²) in [5.41, 5.74) is 0.818. The van der Waals surface area contributed by atoms with Crippen molar-refractivity contribution in [2.75, 3.05) is 5.32 Å². The normalized spacial score (nSPS) is 10.1. The van der Waals surface area contributed by atoms with Crippen molar-refractivity contribution in [3.05, 3.63) is 52.8 Å². The van der Waals surface area contributed by atoms with Crippen molar-refractivity contribution >= 4 is 23.4 Å². The van der Waals surface area contributed by atoms with Crippen LogP contribution in [0.15, 0.2) is 34.7 Å². The molecule has 1 aromatic carbocycles. The van der Waals surface area contributed by atoms with Gasteiger partial charge in [-0.15, -0.1) is 0 Å². The van der Waals surface area contributed by atoms with E-state index >= 15 is 0 Å². The minimum absolute atomic E-state index is 0.0235. The Balaban J connectivity index is 1.93. The number of nitrogens with zero attached hydrogens (tertiary/aromatic N) is 1. The van der Waals surface area contributed by atoms with E-state index in [1.807, 2.05) is 12.1 Å². The molecule has 25 heavy (non-hydrogen) atoms. The molecule has 2 rings (SSSR count). The average molecular weight is 338 g/mol. The van der Waals surface area contributed by atoms with Crippen molar-refractivity contribution in [3.63, 3.8) is 0 Å². The zero-order chi connectivity index (χ0) is 18.4. The van der Waals surface area contributed by atoms with Gasteiger partial charge in [0.15, 0.2) is 11.6 Å². The summed E-state index contributed by atoms with van der Waals surface area (Å²) < 4.78 is 5.32. The largest absolute Gasteiger partial charge is 0.443 e. The lowest BCUT2D eigenvalue weighted by atomic mass is 10.1. The summed E-state index contributed by atoms with van der Waals surface area (Å²) in [6, 6.07) is 10.8. The number of carbonyl (C=O) groups excluding carboxylic acids is 3. The first kappa shape index (κ1) is 18.1. The van der Waals surface area contributed by atoms with Gasteiger partial charge >= 0.3 is 0 Å². The van der Waals surface area contributed by atoms with E-state index in [0.29, 0.717) is 17.7 Å². The lowest BCUT2D eigenvalue weighted by Gasteiger charge is -2.03. The Hall–Kier alpha value is -3.20. The van der Waals surface area contributed by atoms with E-state index in [1.54, 1.807) is 31.2 Å². The SMILES string of the molecule is CC(=O)c1c(C)oc(NC(=O)CCCC(=O)c2ccccc2)c1C#N. The van der Waals surface area contributed by atoms with E-state index in [-0.39, 0.29) is 47.3 Å². The first-order chi connectivity index (χ1) is 11.9. The second-order valence-corrected chi connectivity index (χ2v) is 5.60. The summed E-state index contributed by atoms with van der Waals surface area (Å²) in [5, 5.41) is 11.7. The van der Waals surface area contributed by atoms with Crippen LogP contribution in [0.5, 0.6) is 0 Å². The first-order valence-electron chi connectivity index (χ1n) is 7.86. The second-order valence-electron chi connectivity index (χ2n) is 5.60. The predicted octanol–water partition coefficient (Wildman–Crippen LogP) is 3.65. The fraction of sp³-hybridized carbons (Fsp3) is 0.263. The molecule has 0 bridgehead atoms. The number of benzene rings is 1. The summed E-state index contributed by atoms with van der Waals surface area (Å²) in [7, 11) is 0. The summed E-state index contributed by atoms with van der Waals surface area (Å²) in [6.45, 7) is 2.89. The van der Waals surface area contributed by atoms with E-state index in [4.69, 9.17) is 4.42 Å². The van der Waals surface area contributed by atoms with Gasteiger partial charge < -0.3 is 4.42 Å². The Labute approximate surface area is 145 Å². The molecule has 6 nitrogen and oxygen atoms in total. The van der Waals surface area contributed by atoms with Crippen molar-refractivity contribution in [2.45, 2.75) is 33.1 Å². The predicted molar refractivity (Wildman–Crippen MR) is 91.4 cm³/mol. The number of hydrogen-bond donors (Lipinski definition) is 1. The smallest absolute Gasteiger partial charge is 0.226 e. The Kier molecular flexibility index (Phi) is 5.85. The Bertz CT molecular complexity index is 844. The summed E-state index contributed by atoms with van der Waals surface area (Å²) >= 11 is 0. The zero-order valence-electron chi connectivity index (χ0n) is 14.1. The second kappa shape index (κ2) is 8.06. The molecule has 1 N–H and O–H groups in total. The molecule has 0 aliphatic carbocycles. The number of Topliss-reactive ketones (excluding diaryl/α,β-unsaturated/α-hetero) is 2. The molecule has 0 aliphatic rings. The fourth-order valence-corrected chi connectivity index (χ4v) is 2.53. The van der Waals surface area contributed by atoms with Crippen LogP contribution < -0.4 is 5.32 Å². The van der Waals surface area contributed by atoms with Crippen LogP contribution >= 0.6 is 0 Å². The molecule has 0 saturated carbocycles. The van der Waals surface area contributed by atoms with Gasteiger partial charge in [-0.3, -0.25) is 19.7 Å². The highest BCUT2D eigenvalue weighted by Gasteiger charge is 2.22. The molecule has 0 saturated heterocycles. The molecular formula is C19H18N2O4. The fourth-order valence-electron chi connectivity index (χ4n) is 2.53. The van der Waals surface area contributed by atoms with E-state index in [1.165, 1.54) is 6.92 Å². The Morgan fingerprint density at radius 3 is 2.44 bits per heavy atom. The first-order valence-corrected chi connectivity index (χ1v) is 7.86. The Morgan fingerprint density at radius 2 is 1.84 bits per heavy atom. The van der Waals surface area contributed by atoms with Gasteiger partial charge in [-0.05, 0) is 20.3 Å². The van der Waals surface area contributed by atoms with E-state index in [9.17, 15) is 19.6 Å². The lowest BCUT2D eigenvalue weighted by molar-refractivity contribution is -0.116. The van der Waals surface area contributed by atoms with Gasteiger partial charge in [-0.1, -0.05) is 30.3 Å². The van der Waals surface area contributed by atoms with E-state index in [0.717, 1.165) is 0 Å². The van der Waals surface area contributed by atoms with Crippen LogP contribution in [0.2, 0.25) is 0 Å². The number of furan rings is 1. The molecule has 2 aromatic rings.